The maximum atomic E-state index is 13.4. The second kappa shape index (κ2) is 8.57. The van der Waals surface area contributed by atoms with Crippen LogP contribution in [0.2, 0.25) is 0 Å². The zero-order chi connectivity index (χ0) is 20.1. The largest absolute Gasteiger partial charge is 0.492 e. The lowest BCUT2D eigenvalue weighted by Gasteiger charge is -2.19. The highest BCUT2D eigenvalue weighted by molar-refractivity contribution is 6.05. The molecule has 4 heteroatoms. The van der Waals surface area contributed by atoms with Crippen LogP contribution < -0.4 is 10.1 Å². The molecule has 1 N–H and O–H groups in total. The molecule has 0 aliphatic heterocycles. The van der Waals surface area contributed by atoms with Crippen molar-refractivity contribution in [2.45, 2.75) is 12.8 Å². The zero-order valence-electron chi connectivity index (χ0n) is 16.2. The average molecular weight is 382 g/mol. The molecule has 1 amide bonds. The number of fused-ring (bicyclic) bond motifs is 1. The Labute approximate surface area is 170 Å². The summed E-state index contributed by atoms with van der Waals surface area (Å²) in [6.45, 7) is 2.50. The van der Waals surface area contributed by atoms with Crippen LogP contribution >= 0.6 is 0 Å². The number of nitrogens with one attached hydrogen (secondary N) is 1. The van der Waals surface area contributed by atoms with E-state index in [4.69, 9.17) is 4.74 Å². The second-order valence-electron chi connectivity index (χ2n) is 6.69. The lowest BCUT2D eigenvalue weighted by Crippen LogP contribution is -2.22. The minimum absolute atomic E-state index is 0.0864. The van der Waals surface area contributed by atoms with Gasteiger partial charge in [-0.2, -0.15) is 0 Å². The first-order valence-electron chi connectivity index (χ1n) is 9.69. The standard InChI is InChI=1S/C25H22N2O2/c1-2-29-22-16-15-21(20-14-9-17-26-24(20)22)27-25(28)23(18-10-5-3-6-11-18)19-12-7-4-8-13-19/h3-17,23H,2H2,1H3,(H,27,28). The Morgan fingerprint density at radius 1 is 0.897 bits per heavy atom. The molecule has 1 aromatic heterocycles. The van der Waals surface area contributed by atoms with Gasteiger partial charge in [-0.15, -0.1) is 0 Å². The molecular formula is C25H22N2O2. The number of rotatable bonds is 6. The number of anilines is 1. The molecule has 0 unspecified atom stereocenters. The number of hydrogen-bond donors (Lipinski definition) is 1. The third-order valence-electron chi connectivity index (χ3n) is 4.82. The van der Waals surface area contributed by atoms with Gasteiger partial charge in [0.25, 0.3) is 0 Å². The molecule has 4 rings (SSSR count). The number of carbonyl (C=O) groups is 1. The Morgan fingerprint density at radius 3 is 2.17 bits per heavy atom. The van der Waals surface area contributed by atoms with Crippen LogP contribution in [0, 0.1) is 0 Å². The lowest BCUT2D eigenvalue weighted by molar-refractivity contribution is -0.116. The molecule has 0 radical (unpaired) electrons. The van der Waals surface area contributed by atoms with E-state index in [0.29, 0.717) is 12.4 Å². The number of hydrogen-bond acceptors (Lipinski definition) is 3. The summed E-state index contributed by atoms with van der Waals surface area (Å²) in [6.07, 6.45) is 1.73. The first-order chi connectivity index (χ1) is 14.3. The van der Waals surface area contributed by atoms with Gasteiger partial charge >= 0.3 is 0 Å². The van der Waals surface area contributed by atoms with Gasteiger partial charge in [-0.05, 0) is 42.3 Å². The van der Waals surface area contributed by atoms with Gasteiger partial charge in [0.1, 0.15) is 11.3 Å². The number of amides is 1. The van der Waals surface area contributed by atoms with E-state index in [1.807, 2.05) is 91.9 Å². The van der Waals surface area contributed by atoms with Gasteiger partial charge in [0.05, 0.1) is 18.2 Å². The van der Waals surface area contributed by atoms with Crippen LogP contribution in [0.15, 0.2) is 91.1 Å². The summed E-state index contributed by atoms with van der Waals surface area (Å²) in [5.41, 5.74) is 3.36. The minimum atomic E-state index is -0.407. The SMILES string of the molecule is CCOc1ccc(NC(=O)C(c2ccccc2)c2ccccc2)c2cccnc12. The van der Waals surface area contributed by atoms with E-state index in [1.54, 1.807) is 6.20 Å². The molecule has 0 saturated carbocycles. The lowest BCUT2D eigenvalue weighted by atomic mass is 9.90. The van der Waals surface area contributed by atoms with Crippen LogP contribution in [0.25, 0.3) is 10.9 Å². The van der Waals surface area contributed by atoms with Crippen LogP contribution in [0.3, 0.4) is 0 Å². The van der Waals surface area contributed by atoms with E-state index in [9.17, 15) is 4.79 Å². The van der Waals surface area contributed by atoms with Crippen molar-refractivity contribution in [3.05, 3.63) is 102 Å². The molecule has 144 valence electrons. The Balaban J connectivity index is 1.73. The fourth-order valence-electron chi connectivity index (χ4n) is 3.52. The van der Waals surface area contributed by atoms with Gasteiger partial charge in [-0.3, -0.25) is 9.78 Å². The summed E-state index contributed by atoms with van der Waals surface area (Å²) in [4.78, 5) is 17.9. The molecule has 0 aliphatic carbocycles. The van der Waals surface area contributed by atoms with Gasteiger partial charge in [-0.1, -0.05) is 60.7 Å². The number of nitrogens with zero attached hydrogens (tertiary/aromatic N) is 1. The van der Waals surface area contributed by atoms with Crippen molar-refractivity contribution >= 4 is 22.5 Å². The van der Waals surface area contributed by atoms with Crippen molar-refractivity contribution in [1.29, 1.82) is 0 Å². The van der Waals surface area contributed by atoms with E-state index < -0.39 is 5.92 Å². The van der Waals surface area contributed by atoms with Gasteiger partial charge in [0.15, 0.2) is 0 Å². The summed E-state index contributed by atoms with van der Waals surface area (Å²) in [6, 6.07) is 27.2. The number of ether oxygens (including phenoxy) is 1. The second-order valence-corrected chi connectivity index (χ2v) is 6.69. The molecule has 1 heterocycles. The number of benzene rings is 3. The highest BCUT2D eigenvalue weighted by Gasteiger charge is 2.23. The van der Waals surface area contributed by atoms with E-state index in [-0.39, 0.29) is 5.91 Å². The maximum absolute atomic E-state index is 13.4. The summed E-state index contributed by atoms with van der Waals surface area (Å²) < 4.78 is 5.69. The molecule has 29 heavy (non-hydrogen) atoms. The molecule has 0 aliphatic rings. The molecular weight excluding hydrogens is 360 g/mol. The fraction of sp³-hybridized carbons (Fsp3) is 0.120. The molecule has 3 aromatic carbocycles. The smallest absolute Gasteiger partial charge is 0.236 e. The number of pyridine rings is 1. The first kappa shape index (κ1) is 18.7. The quantitative estimate of drug-likeness (QED) is 0.485. The highest BCUT2D eigenvalue weighted by Crippen LogP contribution is 2.32. The van der Waals surface area contributed by atoms with E-state index in [1.165, 1.54) is 0 Å². The Morgan fingerprint density at radius 2 is 1.55 bits per heavy atom. The molecule has 0 saturated heterocycles. The predicted octanol–water partition coefficient (Wildman–Crippen LogP) is 5.40. The van der Waals surface area contributed by atoms with Crippen LogP contribution in [0.5, 0.6) is 5.75 Å². The van der Waals surface area contributed by atoms with Crippen molar-refractivity contribution in [2.24, 2.45) is 0 Å². The minimum Gasteiger partial charge on any atom is -0.492 e. The zero-order valence-corrected chi connectivity index (χ0v) is 16.2. The van der Waals surface area contributed by atoms with Crippen molar-refractivity contribution < 1.29 is 9.53 Å². The van der Waals surface area contributed by atoms with Crippen LogP contribution in [-0.2, 0) is 4.79 Å². The van der Waals surface area contributed by atoms with Crippen molar-refractivity contribution in [1.82, 2.24) is 4.98 Å². The van der Waals surface area contributed by atoms with Gasteiger partial charge in [0.2, 0.25) is 5.91 Å². The topological polar surface area (TPSA) is 51.2 Å². The van der Waals surface area contributed by atoms with Gasteiger partial charge < -0.3 is 10.1 Å². The summed E-state index contributed by atoms with van der Waals surface area (Å²) >= 11 is 0. The van der Waals surface area contributed by atoms with Crippen molar-refractivity contribution in [3.63, 3.8) is 0 Å². The molecule has 0 atom stereocenters. The Kier molecular flexibility index (Phi) is 5.52. The molecule has 4 aromatic rings. The average Bonchev–Trinajstić information content (AvgIpc) is 2.77. The highest BCUT2D eigenvalue weighted by atomic mass is 16.5. The van der Waals surface area contributed by atoms with E-state index in [2.05, 4.69) is 10.3 Å². The van der Waals surface area contributed by atoms with Crippen LogP contribution in [0.1, 0.15) is 24.0 Å². The monoisotopic (exact) mass is 382 g/mol. The molecule has 0 spiro atoms. The third-order valence-corrected chi connectivity index (χ3v) is 4.82. The van der Waals surface area contributed by atoms with Gasteiger partial charge in [0, 0.05) is 11.6 Å². The number of carbonyl (C=O) groups excluding carboxylic acids is 1. The Bertz CT molecular complexity index is 1070. The first-order valence-corrected chi connectivity index (χ1v) is 9.69. The van der Waals surface area contributed by atoms with Gasteiger partial charge in [-0.25, -0.2) is 0 Å². The van der Waals surface area contributed by atoms with Crippen molar-refractivity contribution in [2.75, 3.05) is 11.9 Å². The third kappa shape index (κ3) is 3.97. The van der Waals surface area contributed by atoms with Crippen molar-refractivity contribution in [3.8, 4) is 5.75 Å². The maximum Gasteiger partial charge on any atom is 0.236 e. The summed E-state index contributed by atoms with van der Waals surface area (Å²) in [7, 11) is 0. The van der Waals surface area contributed by atoms with E-state index in [0.717, 1.165) is 27.7 Å². The summed E-state index contributed by atoms with van der Waals surface area (Å²) in [5.74, 6) is 0.219. The predicted molar refractivity (Wildman–Crippen MR) is 116 cm³/mol. The van der Waals surface area contributed by atoms with Crippen LogP contribution in [0.4, 0.5) is 5.69 Å². The molecule has 0 fully saturated rings. The van der Waals surface area contributed by atoms with E-state index >= 15 is 0 Å². The Hall–Kier alpha value is -3.66. The fourth-order valence-corrected chi connectivity index (χ4v) is 3.52. The normalized spacial score (nSPS) is 10.8. The molecule has 0 bridgehead atoms. The van der Waals surface area contributed by atoms with Crippen LogP contribution in [-0.4, -0.2) is 17.5 Å². The summed E-state index contributed by atoms with van der Waals surface area (Å²) in [5, 5.41) is 3.97. The number of aromatic nitrogens is 1. The molecule has 4 nitrogen and oxygen atoms in total.